The van der Waals surface area contributed by atoms with Gasteiger partial charge in [0.25, 0.3) is 0 Å². The maximum Gasteiger partial charge on any atom is 0.123 e. The second-order valence-electron chi connectivity index (χ2n) is 5.90. The minimum Gasteiger partial charge on any atom is -0.496 e. The van der Waals surface area contributed by atoms with Crippen molar-refractivity contribution in [1.29, 1.82) is 0 Å². The van der Waals surface area contributed by atoms with Gasteiger partial charge in [0, 0.05) is 18.0 Å². The minimum atomic E-state index is -0.210. The zero-order valence-electron chi connectivity index (χ0n) is 14.2. The van der Waals surface area contributed by atoms with Crippen LogP contribution in [0.15, 0.2) is 71.3 Å². The number of ether oxygens (including phenoxy) is 1. The molecule has 3 aromatic rings. The number of rotatable bonds is 8. The summed E-state index contributed by atoms with van der Waals surface area (Å²) in [5.74, 6) is 1.69. The van der Waals surface area contributed by atoms with Gasteiger partial charge in [-0.25, -0.2) is 4.39 Å². The van der Waals surface area contributed by atoms with Crippen molar-refractivity contribution in [1.82, 2.24) is 5.32 Å². The average molecular weight is 339 g/mol. The van der Waals surface area contributed by atoms with E-state index >= 15 is 0 Å². The fraction of sp³-hybridized carbons (Fsp3) is 0.238. The summed E-state index contributed by atoms with van der Waals surface area (Å²) in [6.45, 7) is 1.51. The number of halogens is 1. The van der Waals surface area contributed by atoms with Crippen molar-refractivity contribution in [3.63, 3.8) is 0 Å². The van der Waals surface area contributed by atoms with Crippen molar-refractivity contribution in [2.75, 3.05) is 13.7 Å². The highest BCUT2D eigenvalue weighted by Crippen LogP contribution is 2.34. The Labute approximate surface area is 147 Å². The van der Waals surface area contributed by atoms with Gasteiger partial charge in [0.15, 0.2) is 0 Å². The third-order valence-corrected chi connectivity index (χ3v) is 4.25. The molecule has 3 nitrogen and oxygen atoms in total. The highest BCUT2D eigenvalue weighted by atomic mass is 19.1. The summed E-state index contributed by atoms with van der Waals surface area (Å²) in [5.41, 5.74) is 2.18. The van der Waals surface area contributed by atoms with Crippen LogP contribution in [0.1, 0.15) is 29.2 Å². The average Bonchev–Trinajstić information content (AvgIpc) is 3.18. The van der Waals surface area contributed by atoms with Crippen molar-refractivity contribution in [3.8, 4) is 5.75 Å². The Bertz CT molecular complexity index is 769. The Balaban J connectivity index is 1.66. The Morgan fingerprint density at radius 2 is 1.84 bits per heavy atom. The molecule has 0 aliphatic carbocycles. The zero-order chi connectivity index (χ0) is 17.5. The van der Waals surface area contributed by atoms with Crippen LogP contribution >= 0.6 is 0 Å². The topological polar surface area (TPSA) is 34.4 Å². The number of methoxy groups -OCH3 is 1. The van der Waals surface area contributed by atoms with Crippen LogP contribution in [0.5, 0.6) is 5.75 Å². The summed E-state index contributed by atoms with van der Waals surface area (Å²) >= 11 is 0. The predicted octanol–water partition coefficient (Wildman–Crippen LogP) is 4.74. The summed E-state index contributed by atoms with van der Waals surface area (Å²) in [6.07, 6.45) is 2.57. The maximum atomic E-state index is 13.0. The number of furan rings is 1. The summed E-state index contributed by atoms with van der Waals surface area (Å²) in [6, 6.07) is 18.5. The van der Waals surface area contributed by atoms with Gasteiger partial charge in [-0.3, -0.25) is 0 Å². The molecule has 1 heterocycles. The predicted molar refractivity (Wildman–Crippen MR) is 96.3 cm³/mol. The molecule has 0 radical (unpaired) electrons. The molecule has 1 atom stereocenters. The van der Waals surface area contributed by atoms with E-state index in [1.807, 2.05) is 30.3 Å². The second kappa shape index (κ2) is 8.49. The molecule has 0 saturated heterocycles. The van der Waals surface area contributed by atoms with Gasteiger partial charge in [-0.2, -0.15) is 0 Å². The molecular formula is C21H22FNO2. The van der Waals surface area contributed by atoms with Crippen molar-refractivity contribution >= 4 is 0 Å². The molecule has 0 spiro atoms. The van der Waals surface area contributed by atoms with E-state index in [1.54, 1.807) is 25.5 Å². The monoisotopic (exact) mass is 339 g/mol. The maximum absolute atomic E-state index is 13.0. The first-order chi connectivity index (χ1) is 12.3. The molecule has 2 aromatic carbocycles. The molecule has 0 unspecified atom stereocenters. The minimum absolute atomic E-state index is 0.117. The van der Waals surface area contributed by atoms with Crippen molar-refractivity contribution < 1.29 is 13.5 Å². The number of benzene rings is 2. The lowest BCUT2D eigenvalue weighted by molar-refractivity contribution is 0.398. The highest BCUT2D eigenvalue weighted by Gasteiger charge is 2.20. The number of nitrogens with one attached hydrogen (secondary N) is 1. The van der Waals surface area contributed by atoms with Crippen molar-refractivity contribution in [3.05, 3.63) is 89.6 Å². The SMILES string of the molecule is COc1ccccc1[C@@H](CCNCc1ccc(F)cc1)c1ccco1. The standard InChI is InChI=1S/C21H22FNO2/c1-24-20-6-3-2-5-18(20)19(21-7-4-14-25-21)12-13-23-15-16-8-10-17(22)11-9-16/h2-11,14,19,23H,12-13,15H2,1H3/t19-/m1/s1. The first kappa shape index (κ1) is 17.2. The molecule has 1 aromatic heterocycles. The van der Waals surface area contributed by atoms with E-state index in [4.69, 9.17) is 9.15 Å². The molecule has 1 N–H and O–H groups in total. The van der Waals surface area contributed by atoms with E-state index in [0.717, 1.165) is 35.6 Å². The normalized spacial score (nSPS) is 12.1. The van der Waals surface area contributed by atoms with Gasteiger partial charge in [-0.05, 0) is 48.9 Å². The van der Waals surface area contributed by atoms with Crippen LogP contribution in [0.3, 0.4) is 0 Å². The second-order valence-corrected chi connectivity index (χ2v) is 5.90. The number of hydrogen-bond acceptors (Lipinski definition) is 3. The van der Waals surface area contributed by atoms with Crippen LogP contribution < -0.4 is 10.1 Å². The molecule has 130 valence electrons. The van der Waals surface area contributed by atoms with Gasteiger partial charge in [0.05, 0.1) is 13.4 Å². The molecule has 3 rings (SSSR count). The Morgan fingerprint density at radius 1 is 1.04 bits per heavy atom. The van der Waals surface area contributed by atoms with E-state index in [2.05, 4.69) is 11.4 Å². The summed E-state index contributed by atoms with van der Waals surface area (Å²) in [5, 5.41) is 3.42. The smallest absolute Gasteiger partial charge is 0.123 e. The molecular weight excluding hydrogens is 317 g/mol. The fourth-order valence-electron chi connectivity index (χ4n) is 2.98. The third-order valence-electron chi connectivity index (χ3n) is 4.25. The summed E-state index contributed by atoms with van der Waals surface area (Å²) in [4.78, 5) is 0. The Hall–Kier alpha value is -2.59. The van der Waals surface area contributed by atoms with E-state index in [-0.39, 0.29) is 11.7 Å². The fourth-order valence-corrected chi connectivity index (χ4v) is 2.98. The van der Waals surface area contributed by atoms with Crippen molar-refractivity contribution in [2.45, 2.75) is 18.9 Å². The van der Waals surface area contributed by atoms with Crippen LogP contribution in [0.2, 0.25) is 0 Å². The van der Waals surface area contributed by atoms with E-state index in [9.17, 15) is 4.39 Å². The van der Waals surface area contributed by atoms with Crippen LogP contribution in [-0.4, -0.2) is 13.7 Å². The molecule has 0 saturated carbocycles. The van der Waals surface area contributed by atoms with Crippen LogP contribution in [0.4, 0.5) is 4.39 Å². The number of hydrogen-bond donors (Lipinski definition) is 1. The van der Waals surface area contributed by atoms with Gasteiger partial charge in [-0.15, -0.1) is 0 Å². The first-order valence-electron chi connectivity index (χ1n) is 8.39. The molecule has 0 bridgehead atoms. The van der Waals surface area contributed by atoms with Gasteiger partial charge < -0.3 is 14.5 Å². The lowest BCUT2D eigenvalue weighted by Crippen LogP contribution is -2.18. The van der Waals surface area contributed by atoms with Gasteiger partial charge in [0.2, 0.25) is 0 Å². The third kappa shape index (κ3) is 4.48. The van der Waals surface area contributed by atoms with E-state index in [0.29, 0.717) is 6.54 Å². The molecule has 0 fully saturated rings. The lowest BCUT2D eigenvalue weighted by atomic mass is 9.92. The quantitative estimate of drug-likeness (QED) is 0.602. The van der Waals surface area contributed by atoms with E-state index in [1.165, 1.54) is 12.1 Å². The van der Waals surface area contributed by atoms with Gasteiger partial charge in [-0.1, -0.05) is 30.3 Å². The van der Waals surface area contributed by atoms with Crippen LogP contribution in [0, 0.1) is 5.82 Å². The Kier molecular flexibility index (Phi) is 5.86. The number of para-hydroxylation sites is 1. The first-order valence-corrected chi connectivity index (χ1v) is 8.39. The summed E-state index contributed by atoms with van der Waals surface area (Å²) in [7, 11) is 1.69. The summed E-state index contributed by atoms with van der Waals surface area (Å²) < 4.78 is 24.1. The van der Waals surface area contributed by atoms with Gasteiger partial charge in [0.1, 0.15) is 17.3 Å². The lowest BCUT2D eigenvalue weighted by Gasteiger charge is -2.18. The Morgan fingerprint density at radius 3 is 2.56 bits per heavy atom. The van der Waals surface area contributed by atoms with Crippen molar-refractivity contribution in [2.24, 2.45) is 0 Å². The van der Waals surface area contributed by atoms with Crippen LogP contribution in [0.25, 0.3) is 0 Å². The molecule has 0 aliphatic rings. The molecule has 4 heteroatoms. The van der Waals surface area contributed by atoms with E-state index < -0.39 is 0 Å². The molecule has 25 heavy (non-hydrogen) atoms. The van der Waals surface area contributed by atoms with Gasteiger partial charge >= 0.3 is 0 Å². The zero-order valence-corrected chi connectivity index (χ0v) is 14.2. The molecule has 0 aliphatic heterocycles. The largest absolute Gasteiger partial charge is 0.496 e. The van der Waals surface area contributed by atoms with Crippen LogP contribution in [-0.2, 0) is 6.54 Å². The highest BCUT2D eigenvalue weighted by molar-refractivity contribution is 5.39. The molecule has 0 amide bonds.